The highest BCUT2D eigenvalue weighted by Gasteiger charge is 2.54. The van der Waals surface area contributed by atoms with Crippen LogP contribution in [-0.4, -0.2) is 62.2 Å². The number of carbonyl (C=O) groups excluding carboxylic acids is 3. The fourth-order valence-electron chi connectivity index (χ4n) is 10.8. The number of benzene rings is 3. The Hall–Kier alpha value is -4.10. The molecular weight excluding hydrogens is 1080 g/mol. The minimum atomic E-state index is -4.62. The first-order valence-corrected chi connectivity index (χ1v) is 34.8. The van der Waals surface area contributed by atoms with E-state index in [1.165, 1.54) is 135 Å². The summed E-state index contributed by atoms with van der Waals surface area (Å²) in [5.41, 5.74) is 2.28. The molecule has 14 heteroatoms. The van der Waals surface area contributed by atoms with Gasteiger partial charge in [0.1, 0.15) is 17.9 Å². The molecule has 474 valence electrons. The molecule has 0 bridgehead atoms. The average molecular weight is 1190 g/mol. The van der Waals surface area contributed by atoms with Gasteiger partial charge in [-0.1, -0.05) is 286 Å². The summed E-state index contributed by atoms with van der Waals surface area (Å²) in [6, 6.07) is 24.7. The molecule has 1 fully saturated rings. The van der Waals surface area contributed by atoms with Gasteiger partial charge in [-0.3, -0.25) is 28.0 Å². The second-order valence-corrected chi connectivity index (χ2v) is 25.0. The van der Waals surface area contributed by atoms with Crippen LogP contribution in [0.5, 0.6) is 5.75 Å². The van der Waals surface area contributed by atoms with Crippen LogP contribution in [0.15, 0.2) is 84.9 Å². The van der Waals surface area contributed by atoms with Gasteiger partial charge in [0.2, 0.25) is 5.91 Å². The lowest BCUT2D eigenvalue weighted by Crippen LogP contribution is -2.66. The summed E-state index contributed by atoms with van der Waals surface area (Å²) in [5.74, 6) is -0.652. The van der Waals surface area contributed by atoms with Crippen molar-refractivity contribution in [1.29, 1.82) is 0 Å². The van der Waals surface area contributed by atoms with Crippen LogP contribution in [0.1, 0.15) is 269 Å². The van der Waals surface area contributed by atoms with Crippen LogP contribution in [0.3, 0.4) is 0 Å². The molecule has 0 aromatic heterocycles. The maximum Gasteiger partial charge on any atom is 0.477 e. The van der Waals surface area contributed by atoms with Gasteiger partial charge in [-0.15, -0.1) is 0 Å². The van der Waals surface area contributed by atoms with Crippen molar-refractivity contribution in [2.24, 2.45) is 0 Å². The maximum absolute atomic E-state index is 15.3. The molecule has 84 heavy (non-hydrogen) atoms. The second-order valence-electron chi connectivity index (χ2n) is 23.3. The molecule has 1 N–H and O–H groups in total. The SMILES string of the molecule is CCCCCCCCCCCCCC(=O)NC1[C@@H](OP(=O)(OCc2ccccc2)OCc2ccccc2)OC(COCc2ccc(OC)cc2)[C@@H](OC(=O)CCCCCCCCCCCCC)[C@@H]1OC(=O)CCCCCCCCCCCCC. The molecule has 2 unspecified atom stereocenters. The Morgan fingerprint density at radius 1 is 0.452 bits per heavy atom. The van der Waals surface area contributed by atoms with Crippen molar-refractivity contribution < 1.29 is 56.2 Å². The van der Waals surface area contributed by atoms with E-state index in [-0.39, 0.29) is 51.6 Å². The molecule has 13 nitrogen and oxygen atoms in total. The fraction of sp³-hybridized carbons (Fsp3) is 0.700. The van der Waals surface area contributed by atoms with E-state index >= 15 is 4.57 Å². The third-order valence-corrected chi connectivity index (χ3v) is 17.2. The Morgan fingerprint density at radius 2 is 0.821 bits per heavy atom. The largest absolute Gasteiger partial charge is 0.497 e. The Balaban J connectivity index is 1.64. The predicted molar refractivity (Wildman–Crippen MR) is 337 cm³/mol. The molecule has 1 aliphatic heterocycles. The normalized spacial score (nSPS) is 17.0. The molecular formula is C70H112NO12P. The Bertz CT molecular complexity index is 2100. The third-order valence-electron chi connectivity index (χ3n) is 15.9. The molecule has 0 saturated carbocycles. The average Bonchev–Trinajstić information content (AvgIpc) is 2.99. The Kier molecular flexibility index (Phi) is 40.5. The van der Waals surface area contributed by atoms with E-state index in [1.54, 1.807) is 7.11 Å². The lowest BCUT2D eigenvalue weighted by Gasteiger charge is -2.45. The van der Waals surface area contributed by atoms with Crippen LogP contribution < -0.4 is 10.1 Å². The van der Waals surface area contributed by atoms with Crippen LogP contribution >= 0.6 is 7.82 Å². The Morgan fingerprint density at radius 3 is 1.23 bits per heavy atom. The highest BCUT2D eigenvalue weighted by Crippen LogP contribution is 2.53. The van der Waals surface area contributed by atoms with Gasteiger partial charge in [-0.05, 0) is 48.1 Å². The van der Waals surface area contributed by atoms with E-state index in [0.29, 0.717) is 25.0 Å². The van der Waals surface area contributed by atoms with Gasteiger partial charge in [-0.25, -0.2) is 4.57 Å². The first-order chi connectivity index (χ1) is 41.2. The lowest BCUT2D eigenvalue weighted by molar-refractivity contribution is -0.263. The summed E-state index contributed by atoms with van der Waals surface area (Å²) in [5, 5.41) is 3.11. The van der Waals surface area contributed by atoms with Gasteiger partial charge in [0.25, 0.3) is 0 Å². The van der Waals surface area contributed by atoms with Crippen molar-refractivity contribution in [1.82, 2.24) is 5.32 Å². The quantitative estimate of drug-likeness (QED) is 0.0325. The number of hydrogen-bond acceptors (Lipinski definition) is 12. The summed E-state index contributed by atoms with van der Waals surface area (Å²) in [6.07, 6.45) is 32.1. The number of ether oxygens (including phenoxy) is 5. The summed E-state index contributed by atoms with van der Waals surface area (Å²) in [7, 11) is -3.01. The molecule has 1 saturated heterocycles. The fourth-order valence-corrected chi connectivity index (χ4v) is 12.0. The number of hydrogen-bond donors (Lipinski definition) is 1. The number of carbonyl (C=O) groups is 3. The lowest BCUT2D eigenvalue weighted by atomic mass is 9.95. The molecule has 1 heterocycles. The van der Waals surface area contributed by atoms with Crippen LogP contribution in [0.25, 0.3) is 0 Å². The molecule has 4 rings (SSSR count). The number of phosphoric ester groups is 1. The minimum absolute atomic E-state index is 0.107. The molecule has 1 aliphatic rings. The van der Waals surface area contributed by atoms with E-state index in [1.807, 2.05) is 84.9 Å². The van der Waals surface area contributed by atoms with E-state index in [4.69, 9.17) is 37.3 Å². The standard InChI is InChI=1S/C70H112NO12P/c1-5-8-11-14-17-20-23-26-29-32-41-48-64(72)71-67-69(82-66(74)50-43-34-31-28-25-22-19-16-13-10-7-3)68(81-65(73)49-42-33-30-27-24-21-18-15-12-9-6-2)63(58-77-55-61-51-53-62(76-4)54-52-61)80-70(67)83-84(75,78-56-59-44-37-35-38-45-59)79-57-60-46-39-36-40-47-60/h35-40,44-47,51-54,63,67-70H,5-34,41-43,48-50,55-58H2,1-4H3,(H,71,72)/t63?,67?,68-,69-,70-/m1/s1. The van der Waals surface area contributed by atoms with Crippen LogP contribution in [0.2, 0.25) is 0 Å². The smallest absolute Gasteiger partial charge is 0.477 e. The van der Waals surface area contributed by atoms with Crippen molar-refractivity contribution >= 4 is 25.7 Å². The van der Waals surface area contributed by atoms with E-state index in [9.17, 15) is 14.4 Å². The van der Waals surface area contributed by atoms with Crippen LogP contribution in [-0.2, 0) is 71.3 Å². The van der Waals surface area contributed by atoms with Gasteiger partial charge in [0, 0.05) is 19.3 Å². The zero-order valence-corrected chi connectivity index (χ0v) is 53.5. The molecule has 0 spiro atoms. The van der Waals surface area contributed by atoms with Crippen molar-refractivity contribution in [2.45, 2.75) is 302 Å². The van der Waals surface area contributed by atoms with Crippen molar-refractivity contribution in [3.8, 4) is 5.75 Å². The molecule has 1 amide bonds. The number of amides is 1. The summed E-state index contributed by atoms with van der Waals surface area (Å²) < 4.78 is 65.7. The van der Waals surface area contributed by atoms with E-state index in [0.717, 1.165) is 74.5 Å². The molecule has 5 atom stereocenters. The van der Waals surface area contributed by atoms with Crippen molar-refractivity contribution in [3.05, 3.63) is 102 Å². The summed E-state index contributed by atoms with van der Waals surface area (Å²) in [4.78, 5) is 43.0. The van der Waals surface area contributed by atoms with Gasteiger partial charge >= 0.3 is 19.8 Å². The summed E-state index contributed by atoms with van der Waals surface area (Å²) >= 11 is 0. The topological polar surface area (TPSA) is 154 Å². The van der Waals surface area contributed by atoms with Crippen molar-refractivity contribution in [3.63, 3.8) is 0 Å². The highest BCUT2D eigenvalue weighted by molar-refractivity contribution is 7.48. The maximum atomic E-state index is 15.3. The zero-order valence-electron chi connectivity index (χ0n) is 52.6. The Labute approximate surface area is 508 Å². The van der Waals surface area contributed by atoms with Crippen LogP contribution in [0, 0.1) is 0 Å². The molecule has 3 aromatic carbocycles. The highest BCUT2D eigenvalue weighted by atomic mass is 31.2. The van der Waals surface area contributed by atoms with Gasteiger partial charge in [0.05, 0.1) is 33.5 Å². The minimum Gasteiger partial charge on any atom is -0.497 e. The number of rotatable bonds is 52. The predicted octanol–water partition coefficient (Wildman–Crippen LogP) is 18.9. The first kappa shape index (κ1) is 72.4. The van der Waals surface area contributed by atoms with E-state index in [2.05, 4.69) is 26.1 Å². The monoisotopic (exact) mass is 1190 g/mol. The second kappa shape index (κ2) is 47.0. The van der Waals surface area contributed by atoms with Crippen molar-refractivity contribution in [2.75, 3.05) is 13.7 Å². The molecule has 0 radical (unpaired) electrons. The first-order valence-electron chi connectivity index (χ1n) is 33.4. The zero-order chi connectivity index (χ0) is 60.0. The molecule has 0 aliphatic carbocycles. The molecule has 3 aromatic rings. The summed E-state index contributed by atoms with van der Waals surface area (Å²) in [6.45, 7) is 6.43. The number of unbranched alkanes of at least 4 members (excludes halogenated alkanes) is 30. The van der Waals surface area contributed by atoms with E-state index < -0.39 is 50.4 Å². The number of esters is 2. The number of phosphoric acid groups is 1. The van der Waals surface area contributed by atoms with Crippen LogP contribution in [0.4, 0.5) is 0 Å². The van der Waals surface area contributed by atoms with Gasteiger partial charge < -0.3 is 29.0 Å². The van der Waals surface area contributed by atoms with Gasteiger partial charge in [-0.2, -0.15) is 0 Å². The number of nitrogens with one attached hydrogen (secondary N) is 1. The number of methoxy groups -OCH3 is 1. The van der Waals surface area contributed by atoms with Gasteiger partial charge in [0.15, 0.2) is 18.5 Å². The third kappa shape index (κ3) is 33.1.